The molecule has 0 spiro atoms. The van der Waals surface area contributed by atoms with E-state index in [9.17, 15) is 4.79 Å². The molecule has 2 aromatic heterocycles. The first-order valence-electron chi connectivity index (χ1n) is 9.23. The van der Waals surface area contributed by atoms with E-state index in [0.717, 1.165) is 22.7 Å². The molecule has 144 valence electrons. The van der Waals surface area contributed by atoms with Gasteiger partial charge in [0.15, 0.2) is 0 Å². The summed E-state index contributed by atoms with van der Waals surface area (Å²) in [6.07, 6.45) is 3.49. The Bertz CT molecular complexity index is 1090. The minimum atomic E-state index is -0.160. The number of nitrogens with zero attached hydrogens (tertiary/aromatic N) is 3. The van der Waals surface area contributed by atoms with Crippen molar-refractivity contribution in [2.45, 2.75) is 6.54 Å². The molecule has 0 saturated heterocycles. The third kappa shape index (κ3) is 4.50. The molecule has 0 atom stereocenters. The SMILES string of the molecule is Cn1nc(CNC(=O)c2ccc(Oc3ccccc3)cc2)cc1-c1ccncc1. The van der Waals surface area contributed by atoms with Gasteiger partial charge in [0.1, 0.15) is 11.5 Å². The standard InChI is InChI=1S/C23H20N4O2/c1-27-22(17-11-13-24-14-12-17)15-19(26-27)16-25-23(28)18-7-9-21(10-8-18)29-20-5-3-2-4-6-20/h2-15H,16H2,1H3,(H,25,28). The minimum Gasteiger partial charge on any atom is -0.457 e. The fraction of sp³-hybridized carbons (Fsp3) is 0.0870. The molecule has 1 N–H and O–H groups in total. The Labute approximate surface area is 168 Å². The molecule has 2 heterocycles. The van der Waals surface area contributed by atoms with Gasteiger partial charge in [-0.05, 0) is 54.6 Å². The molecular formula is C23H20N4O2. The Morgan fingerprint density at radius 3 is 2.38 bits per heavy atom. The third-order valence-electron chi connectivity index (χ3n) is 4.43. The zero-order chi connectivity index (χ0) is 20.1. The maximum Gasteiger partial charge on any atom is 0.251 e. The van der Waals surface area contributed by atoms with Crippen LogP contribution in [0.25, 0.3) is 11.3 Å². The summed E-state index contributed by atoms with van der Waals surface area (Å²) in [6.45, 7) is 0.347. The molecule has 4 rings (SSSR count). The molecule has 2 aromatic carbocycles. The molecule has 1 amide bonds. The van der Waals surface area contributed by atoms with Gasteiger partial charge in [0, 0.05) is 30.6 Å². The molecule has 0 radical (unpaired) electrons. The highest BCUT2D eigenvalue weighted by molar-refractivity contribution is 5.94. The highest BCUT2D eigenvalue weighted by Crippen LogP contribution is 2.21. The lowest BCUT2D eigenvalue weighted by molar-refractivity contribution is 0.0950. The van der Waals surface area contributed by atoms with E-state index in [-0.39, 0.29) is 5.91 Å². The van der Waals surface area contributed by atoms with Crippen LogP contribution in [0.2, 0.25) is 0 Å². The second-order valence-corrected chi connectivity index (χ2v) is 6.50. The number of carbonyl (C=O) groups excluding carboxylic acids is 1. The van der Waals surface area contributed by atoms with E-state index in [0.29, 0.717) is 17.9 Å². The monoisotopic (exact) mass is 384 g/mol. The van der Waals surface area contributed by atoms with Gasteiger partial charge in [-0.2, -0.15) is 5.10 Å². The number of aryl methyl sites for hydroxylation is 1. The van der Waals surface area contributed by atoms with Crippen LogP contribution >= 0.6 is 0 Å². The van der Waals surface area contributed by atoms with Gasteiger partial charge in [-0.15, -0.1) is 0 Å². The van der Waals surface area contributed by atoms with Crippen molar-refractivity contribution >= 4 is 5.91 Å². The molecule has 4 aromatic rings. The summed E-state index contributed by atoms with van der Waals surface area (Å²) in [5.74, 6) is 1.27. The number of rotatable bonds is 6. The molecule has 0 bridgehead atoms. The van der Waals surface area contributed by atoms with Crippen LogP contribution in [0.1, 0.15) is 16.1 Å². The Hall–Kier alpha value is -3.93. The molecule has 0 aliphatic carbocycles. The first-order valence-corrected chi connectivity index (χ1v) is 9.23. The fourth-order valence-electron chi connectivity index (χ4n) is 2.98. The first kappa shape index (κ1) is 18.4. The smallest absolute Gasteiger partial charge is 0.251 e. The van der Waals surface area contributed by atoms with Gasteiger partial charge >= 0.3 is 0 Å². The fourth-order valence-corrected chi connectivity index (χ4v) is 2.98. The Balaban J connectivity index is 1.37. The Kier molecular flexibility index (Phi) is 5.33. The normalized spacial score (nSPS) is 10.5. The molecular weight excluding hydrogens is 364 g/mol. The summed E-state index contributed by atoms with van der Waals surface area (Å²) in [7, 11) is 1.88. The number of aromatic nitrogens is 3. The van der Waals surface area contributed by atoms with Crippen molar-refractivity contribution in [3.63, 3.8) is 0 Å². The van der Waals surface area contributed by atoms with Crippen molar-refractivity contribution in [1.29, 1.82) is 0 Å². The molecule has 6 heteroatoms. The van der Waals surface area contributed by atoms with E-state index in [1.54, 1.807) is 41.3 Å². The second kappa shape index (κ2) is 8.39. The molecule has 0 fully saturated rings. The summed E-state index contributed by atoms with van der Waals surface area (Å²) < 4.78 is 7.55. The quantitative estimate of drug-likeness (QED) is 0.541. The number of para-hydroxylation sites is 1. The van der Waals surface area contributed by atoms with Gasteiger partial charge in [-0.3, -0.25) is 14.5 Å². The van der Waals surface area contributed by atoms with E-state index in [4.69, 9.17) is 4.74 Å². The third-order valence-corrected chi connectivity index (χ3v) is 4.43. The highest BCUT2D eigenvalue weighted by Gasteiger charge is 2.10. The molecule has 6 nitrogen and oxygen atoms in total. The van der Waals surface area contributed by atoms with Crippen LogP contribution in [0.4, 0.5) is 0 Å². The van der Waals surface area contributed by atoms with Gasteiger partial charge in [-0.25, -0.2) is 0 Å². The van der Waals surface area contributed by atoms with Crippen LogP contribution < -0.4 is 10.1 Å². The Morgan fingerprint density at radius 2 is 1.66 bits per heavy atom. The van der Waals surface area contributed by atoms with Crippen LogP contribution in [0.15, 0.2) is 85.2 Å². The summed E-state index contributed by atoms with van der Waals surface area (Å²) in [5.41, 5.74) is 3.35. The molecule has 0 unspecified atom stereocenters. The van der Waals surface area contributed by atoms with Crippen LogP contribution in [-0.4, -0.2) is 20.7 Å². The van der Waals surface area contributed by atoms with Crippen molar-refractivity contribution in [3.05, 3.63) is 96.4 Å². The zero-order valence-electron chi connectivity index (χ0n) is 15.9. The number of hydrogen-bond acceptors (Lipinski definition) is 4. The van der Waals surface area contributed by atoms with Crippen molar-refractivity contribution < 1.29 is 9.53 Å². The van der Waals surface area contributed by atoms with Crippen molar-refractivity contribution in [1.82, 2.24) is 20.1 Å². The van der Waals surface area contributed by atoms with Gasteiger partial charge in [0.2, 0.25) is 0 Å². The van der Waals surface area contributed by atoms with Crippen molar-refractivity contribution in [2.75, 3.05) is 0 Å². The maximum atomic E-state index is 12.5. The van der Waals surface area contributed by atoms with Crippen LogP contribution in [-0.2, 0) is 13.6 Å². The van der Waals surface area contributed by atoms with E-state index >= 15 is 0 Å². The summed E-state index contributed by atoms with van der Waals surface area (Å²) in [4.78, 5) is 16.5. The average molecular weight is 384 g/mol. The summed E-state index contributed by atoms with van der Waals surface area (Å²) >= 11 is 0. The molecule has 0 saturated carbocycles. The summed E-state index contributed by atoms with van der Waals surface area (Å²) in [6, 6.07) is 22.4. The maximum absolute atomic E-state index is 12.5. The highest BCUT2D eigenvalue weighted by atomic mass is 16.5. The van der Waals surface area contributed by atoms with Crippen LogP contribution in [0.5, 0.6) is 11.5 Å². The van der Waals surface area contributed by atoms with Gasteiger partial charge in [0.05, 0.1) is 17.9 Å². The van der Waals surface area contributed by atoms with E-state index in [2.05, 4.69) is 15.4 Å². The van der Waals surface area contributed by atoms with E-state index in [1.165, 1.54) is 0 Å². The predicted molar refractivity (Wildman–Crippen MR) is 111 cm³/mol. The number of nitrogens with one attached hydrogen (secondary N) is 1. The lowest BCUT2D eigenvalue weighted by atomic mass is 10.2. The van der Waals surface area contributed by atoms with Gasteiger partial charge in [0.25, 0.3) is 5.91 Å². The van der Waals surface area contributed by atoms with Gasteiger partial charge in [-0.1, -0.05) is 18.2 Å². The van der Waals surface area contributed by atoms with Crippen LogP contribution in [0, 0.1) is 0 Å². The average Bonchev–Trinajstić information content (AvgIpc) is 3.14. The number of amides is 1. The van der Waals surface area contributed by atoms with E-state index in [1.807, 2.05) is 55.6 Å². The molecule has 0 aliphatic rings. The molecule has 0 aliphatic heterocycles. The zero-order valence-corrected chi connectivity index (χ0v) is 15.9. The number of ether oxygens (including phenoxy) is 1. The molecule has 29 heavy (non-hydrogen) atoms. The summed E-state index contributed by atoms with van der Waals surface area (Å²) in [5, 5.41) is 7.38. The number of pyridine rings is 1. The van der Waals surface area contributed by atoms with E-state index < -0.39 is 0 Å². The minimum absolute atomic E-state index is 0.160. The van der Waals surface area contributed by atoms with Crippen molar-refractivity contribution in [3.8, 4) is 22.8 Å². The van der Waals surface area contributed by atoms with Crippen molar-refractivity contribution in [2.24, 2.45) is 7.05 Å². The Morgan fingerprint density at radius 1 is 0.966 bits per heavy atom. The number of benzene rings is 2. The topological polar surface area (TPSA) is 69.0 Å². The first-order chi connectivity index (χ1) is 14.2. The lowest BCUT2D eigenvalue weighted by Crippen LogP contribution is -2.23. The predicted octanol–water partition coefficient (Wildman–Crippen LogP) is 4.20. The largest absolute Gasteiger partial charge is 0.457 e. The van der Waals surface area contributed by atoms with Crippen LogP contribution in [0.3, 0.4) is 0 Å². The number of carbonyl (C=O) groups is 1. The number of hydrogen-bond donors (Lipinski definition) is 1. The lowest BCUT2D eigenvalue weighted by Gasteiger charge is -2.07. The second-order valence-electron chi connectivity index (χ2n) is 6.50. The van der Waals surface area contributed by atoms with Gasteiger partial charge < -0.3 is 10.1 Å².